The van der Waals surface area contributed by atoms with Gasteiger partial charge in [0, 0.05) is 10.5 Å². The van der Waals surface area contributed by atoms with E-state index in [2.05, 4.69) is 20.7 Å². The van der Waals surface area contributed by atoms with Crippen molar-refractivity contribution in [2.45, 2.75) is 31.2 Å². The zero-order chi connectivity index (χ0) is 15.5. The van der Waals surface area contributed by atoms with E-state index in [1.54, 1.807) is 18.2 Å². The molecule has 0 radical (unpaired) electrons. The van der Waals surface area contributed by atoms with Crippen LogP contribution in [0.4, 0.5) is 0 Å². The molecule has 0 aliphatic heterocycles. The van der Waals surface area contributed by atoms with Crippen LogP contribution in [0.5, 0.6) is 0 Å². The van der Waals surface area contributed by atoms with Gasteiger partial charge in [0.25, 0.3) is 0 Å². The minimum Gasteiger partial charge on any atom is -0.208 e. The predicted molar refractivity (Wildman–Crippen MR) is 88.8 cm³/mol. The molecule has 0 aromatic heterocycles. The number of nitrogens with one attached hydrogen (secondary N) is 1. The summed E-state index contributed by atoms with van der Waals surface area (Å²) >= 11 is 3.32. The molecule has 0 bridgehead atoms. The van der Waals surface area contributed by atoms with Gasteiger partial charge in [0.1, 0.15) is 0 Å². The number of rotatable bonds is 5. The fourth-order valence-electron chi connectivity index (χ4n) is 2.16. The van der Waals surface area contributed by atoms with Gasteiger partial charge in [-0.05, 0) is 59.5 Å². The molecule has 0 saturated carbocycles. The summed E-state index contributed by atoms with van der Waals surface area (Å²) in [7, 11) is -3.52. The van der Waals surface area contributed by atoms with Crippen molar-refractivity contribution in [1.82, 2.24) is 4.72 Å². The fourth-order valence-corrected chi connectivity index (χ4v) is 4.60. The average molecular weight is 368 g/mol. The first-order chi connectivity index (χ1) is 9.88. The van der Waals surface area contributed by atoms with E-state index in [1.807, 2.05) is 44.2 Å². The van der Waals surface area contributed by atoms with E-state index in [9.17, 15) is 8.42 Å². The molecule has 0 fully saturated rings. The molecule has 0 aliphatic rings. The van der Waals surface area contributed by atoms with Crippen molar-refractivity contribution in [3.8, 4) is 0 Å². The van der Waals surface area contributed by atoms with E-state index < -0.39 is 10.0 Å². The van der Waals surface area contributed by atoms with Gasteiger partial charge in [-0.1, -0.05) is 36.4 Å². The molecule has 0 saturated heterocycles. The molecular weight excluding hydrogens is 350 g/mol. The summed E-state index contributed by atoms with van der Waals surface area (Å²) in [5, 5.41) is 0. The molecule has 0 spiro atoms. The second-order valence-electron chi connectivity index (χ2n) is 5.15. The first-order valence-electron chi connectivity index (χ1n) is 6.71. The molecular formula is C16H18BrNO2S. The van der Waals surface area contributed by atoms with Crippen LogP contribution in [0.2, 0.25) is 0 Å². The SMILES string of the molecule is Cc1ccc(S(=O)(=O)NC(C)Cc2ccccc2)c(Br)c1. The van der Waals surface area contributed by atoms with Crippen molar-refractivity contribution in [1.29, 1.82) is 0 Å². The van der Waals surface area contributed by atoms with Crippen molar-refractivity contribution in [2.24, 2.45) is 0 Å². The van der Waals surface area contributed by atoms with Gasteiger partial charge in [-0.2, -0.15) is 0 Å². The van der Waals surface area contributed by atoms with Crippen molar-refractivity contribution in [3.63, 3.8) is 0 Å². The van der Waals surface area contributed by atoms with Crippen LogP contribution in [-0.4, -0.2) is 14.5 Å². The molecule has 2 rings (SSSR count). The Hall–Kier alpha value is -1.17. The van der Waals surface area contributed by atoms with Gasteiger partial charge in [0.2, 0.25) is 10.0 Å². The minimum absolute atomic E-state index is 0.175. The first kappa shape index (κ1) is 16.2. The molecule has 21 heavy (non-hydrogen) atoms. The summed E-state index contributed by atoms with van der Waals surface area (Å²) in [6, 6.07) is 14.9. The number of hydrogen-bond acceptors (Lipinski definition) is 2. The van der Waals surface area contributed by atoms with Gasteiger partial charge in [-0.25, -0.2) is 13.1 Å². The van der Waals surface area contributed by atoms with E-state index in [4.69, 9.17) is 0 Å². The zero-order valence-corrected chi connectivity index (χ0v) is 14.4. The topological polar surface area (TPSA) is 46.2 Å². The number of halogens is 1. The lowest BCUT2D eigenvalue weighted by Crippen LogP contribution is -2.34. The third-order valence-electron chi connectivity index (χ3n) is 3.12. The highest BCUT2D eigenvalue weighted by Crippen LogP contribution is 2.23. The van der Waals surface area contributed by atoms with Crippen LogP contribution < -0.4 is 4.72 Å². The number of sulfonamides is 1. The van der Waals surface area contributed by atoms with Crippen molar-refractivity contribution in [3.05, 3.63) is 64.1 Å². The van der Waals surface area contributed by atoms with Crippen LogP contribution in [-0.2, 0) is 16.4 Å². The van der Waals surface area contributed by atoms with E-state index in [0.717, 1.165) is 11.1 Å². The molecule has 112 valence electrons. The van der Waals surface area contributed by atoms with Gasteiger partial charge in [0.05, 0.1) is 4.90 Å². The third-order valence-corrected chi connectivity index (χ3v) is 5.68. The molecule has 0 heterocycles. The van der Waals surface area contributed by atoms with E-state index in [1.165, 1.54) is 0 Å². The lowest BCUT2D eigenvalue weighted by molar-refractivity contribution is 0.559. The van der Waals surface area contributed by atoms with E-state index in [0.29, 0.717) is 10.9 Å². The Morgan fingerprint density at radius 3 is 2.43 bits per heavy atom. The van der Waals surface area contributed by atoms with Crippen LogP contribution >= 0.6 is 15.9 Å². The van der Waals surface area contributed by atoms with Crippen LogP contribution in [0.25, 0.3) is 0 Å². The Kier molecular flexibility index (Phi) is 5.19. The lowest BCUT2D eigenvalue weighted by atomic mass is 10.1. The number of hydrogen-bond donors (Lipinski definition) is 1. The molecule has 1 N–H and O–H groups in total. The Balaban J connectivity index is 2.13. The second-order valence-corrected chi connectivity index (χ2v) is 7.68. The van der Waals surface area contributed by atoms with Gasteiger partial charge in [-0.3, -0.25) is 0 Å². The van der Waals surface area contributed by atoms with E-state index >= 15 is 0 Å². The van der Waals surface area contributed by atoms with Crippen molar-refractivity contribution < 1.29 is 8.42 Å². The molecule has 0 amide bonds. The Morgan fingerprint density at radius 2 is 1.81 bits per heavy atom. The van der Waals surface area contributed by atoms with Gasteiger partial charge in [0.15, 0.2) is 0 Å². The Labute approximate surface area is 134 Å². The maximum absolute atomic E-state index is 12.4. The quantitative estimate of drug-likeness (QED) is 0.876. The fraction of sp³-hybridized carbons (Fsp3) is 0.250. The van der Waals surface area contributed by atoms with Crippen LogP contribution in [0.15, 0.2) is 57.9 Å². The summed E-state index contributed by atoms with van der Waals surface area (Å²) in [4.78, 5) is 0.271. The van der Waals surface area contributed by atoms with Gasteiger partial charge >= 0.3 is 0 Å². The maximum atomic E-state index is 12.4. The van der Waals surface area contributed by atoms with Gasteiger partial charge in [-0.15, -0.1) is 0 Å². The summed E-state index contributed by atoms with van der Waals surface area (Å²) in [5.74, 6) is 0. The molecule has 2 aromatic carbocycles. The smallest absolute Gasteiger partial charge is 0.208 e. The molecule has 5 heteroatoms. The van der Waals surface area contributed by atoms with Crippen molar-refractivity contribution in [2.75, 3.05) is 0 Å². The van der Waals surface area contributed by atoms with Gasteiger partial charge < -0.3 is 0 Å². The minimum atomic E-state index is -3.52. The van der Waals surface area contributed by atoms with Crippen LogP contribution in [0.1, 0.15) is 18.1 Å². The molecule has 0 aliphatic carbocycles. The highest BCUT2D eigenvalue weighted by Gasteiger charge is 2.20. The number of benzene rings is 2. The lowest BCUT2D eigenvalue weighted by Gasteiger charge is -2.15. The second kappa shape index (κ2) is 6.73. The molecule has 1 unspecified atom stereocenters. The summed E-state index contributed by atoms with van der Waals surface area (Å²) < 4.78 is 28.2. The monoisotopic (exact) mass is 367 g/mol. The average Bonchev–Trinajstić information content (AvgIpc) is 2.38. The predicted octanol–water partition coefficient (Wildman–Crippen LogP) is 3.67. The summed E-state index contributed by atoms with van der Waals surface area (Å²) in [6.45, 7) is 3.79. The first-order valence-corrected chi connectivity index (χ1v) is 8.98. The maximum Gasteiger partial charge on any atom is 0.241 e. The van der Waals surface area contributed by atoms with Crippen LogP contribution in [0, 0.1) is 6.92 Å². The Bertz CT molecular complexity index is 714. The van der Waals surface area contributed by atoms with E-state index in [-0.39, 0.29) is 10.9 Å². The highest BCUT2D eigenvalue weighted by molar-refractivity contribution is 9.10. The van der Waals surface area contributed by atoms with Crippen molar-refractivity contribution >= 4 is 26.0 Å². The largest absolute Gasteiger partial charge is 0.241 e. The standard InChI is InChI=1S/C16H18BrNO2S/c1-12-8-9-16(15(17)10-12)21(19,20)18-13(2)11-14-6-4-3-5-7-14/h3-10,13,18H,11H2,1-2H3. The third kappa shape index (κ3) is 4.40. The molecule has 3 nitrogen and oxygen atoms in total. The summed E-state index contributed by atoms with van der Waals surface area (Å²) in [6.07, 6.45) is 0.656. The number of aryl methyl sites for hydroxylation is 1. The summed E-state index contributed by atoms with van der Waals surface area (Å²) in [5.41, 5.74) is 2.12. The Morgan fingerprint density at radius 1 is 1.14 bits per heavy atom. The normalized spacial score (nSPS) is 13.1. The highest BCUT2D eigenvalue weighted by atomic mass is 79.9. The molecule has 1 atom stereocenters. The molecule has 2 aromatic rings. The zero-order valence-electron chi connectivity index (χ0n) is 12.0. The van der Waals surface area contributed by atoms with Crippen LogP contribution in [0.3, 0.4) is 0 Å².